The van der Waals surface area contributed by atoms with Gasteiger partial charge in [-0.1, -0.05) is 23.7 Å². The molecule has 26 heavy (non-hydrogen) atoms. The van der Waals surface area contributed by atoms with Gasteiger partial charge in [-0.25, -0.2) is 0 Å². The maximum atomic E-state index is 6.68. The Bertz CT molecular complexity index is 927. The number of nitrogens with zero attached hydrogens (tertiary/aromatic N) is 4. The molecule has 6 heteroatoms. The van der Waals surface area contributed by atoms with E-state index in [9.17, 15) is 0 Å². The summed E-state index contributed by atoms with van der Waals surface area (Å²) in [5.41, 5.74) is 4.07. The van der Waals surface area contributed by atoms with Crippen LogP contribution in [0.2, 0.25) is 5.02 Å². The molecule has 5 rings (SSSR count). The average Bonchev–Trinajstić information content (AvgIpc) is 3.42. The van der Waals surface area contributed by atoms with Gasteiger partial charge in [0.05, 0.1) is 18.2 Å². The third kappa shape index (κ3) is 2.95. The molecule has 5 nitrogen and oxygen atoms in total. The first-order valence-corrected chi connectivity index (χ1v) is 9.62. The third-order valence-electron chi connectivity index (χ3n) is 5.31. The Morgan fingerprint density at radius 1 is 1.04 bits per heavy atom. The smallest absolute Gasteiger partial charge is 0.180 e. The molecule has 2 fully saturated rings. The lowest BCUT2D eigenvalue weighted by atomic mass is 10.1. The third-order valence-corrected chi connectivity index (χ3v) is 5.68. The highest BCUT2D eigenvalue weighted by Crippen LogP contribution is 2.35. The van der Waals surface area contributed by atoms with Crippen molar-refractivity contribution in [1.82, 2.24) is 14.6 Å². The molecule has 2 aliphatic rings. The molecule has 0 unspecified atom stereocenters. The summed E-state index contributed by atoms with van der Waals surface area (Å²) in [6, 6.07) is 10.6. The van der Waals surface area contributed by atoms with E-state index >= 15 is 0 Å². The lowest BCUT2D eigenvalue weighted by molar-refractivity contribution is 0.122. The summed E-state index contributed by atoms with van der Waals surface area (Å²) in [5.74, 6) is 1.78. The van der Waals surface area contributed by atoms with E-state index in [1.165, 1.54) is 18.5 Å². The number of ether oxygens (including phenoxy) is 1. The predicted octanol–water partition coefficient (Wildman–Crippen LogP) is 3.84. The highest BCUT2D eigenvalue weighted by molar-refractivity contribution is 6.36. The van der Waals surface area contributed by atoms with Crippen LogP contribution in [0.25, 0.3) is 16.8 Å². The van der Waals surface area contributed by atoms with Crippen molar-refractivity contribution in [2.75, 3.05) is 31.2 Å². The number of halogens is 1. The molecule has 1 aromatic carbocycles. The molecule has 1 saturated heterocycles. The molecule has 0 atom stereocenters. The van der Waals surface area contributed by atoms with E-state index in [0.717, 1.165) is 61.2 Å². The summed E-state index contributed by atoms with van der Waals surface area (Å²) in [5, 5.41) is 9.36. The van der Waals surface area contributed by atoms with Crippen molar-refractivity contribution in [1.29, 1.82) is 0 Å². The summed E-state index contributed by atoms with van der Waals surface area (Å²) in [6.07, 6.45) is 5.64. The number of hydrogen-bond acceptors (Lipinski definition) is 4. The molecule has 134 valence electrons. The molecule has 3 heterocycles. The van der Waals surface area contributed by atoms with Crippen LogP contribution in [0.4, 0.5) is 5.69 Å². The van der Waals surface area contributed by atoms with Crippen LogP contribution in [0.1, 0.15) is 18.7 Å². The van der Waals surface area contributed by atoms with E-state index in [-0.39, 0.29) is 0 Å². The molecule has 0 radical (unpaired) electrons. The van der Waals surface area contributed by atoms with Crippen LogP contribution in [-0.2, 0) is 11.2 Å². The fraction of sp³-hybridized carbons (Fsp3) is 0.400. The molecular weight excluding hydrogens is 348 g/mol. The van der Waals surface area contributed by atoms with Gasteiger partial charge in [-0.05, 0) is 42.5 Å². The van der Waals surface area contributed by atoms with Crippen LogP contribution in [0, 0.1) is 5.92 Å². The number of rotatable bonds is 4. The van der Waals surface area contributed by atoms with Gasteiger partial charge in [-0.3, -0.25) is 4.40 Å². The fourth-order valence-corrected chi connectivity index (χ4v) is 3.89. The first-order valence-electron chi connectivity index (χ1n) is 9.25. The Labute approximate surface area is 157 Å². The van der Waals surface area contributed by atoms with E-state index in [1.807, 2.05) is 10.6 Å². The Morgan fingerprint density at radius 2 is 1.81 bits per heavy atom. The van der Waals surface area contributed by atoms with Crippen LogP contribution in [-0.4, -0.2) is 40.9 Å². The number of anilines is 1. The zero-order valence-electron chi connectivity index (χ0n) is 14.6. The quantitative estimate of drug-likeness (QED) is 0.701. The van der Waals surface area contributed by atoms with Crippen molar-refractivity contribution in [3.8, 4) is 11.1 Å². The van der Waals surface area contributed by atoms with Gasteiger partial charge in [-0.15, -0.1) is 10.2 Å². The Balaban J connectivity index is 1.45. The summed E-state index contributed by atoms with van der Waals surface area (Å²) in [4.78, 5) is 2.35. The van der Waals surface area contributed by atoms with E-state index in [0.29, 0.717) is 5.02 Å². The first-order chi connectivity index (χ1) is 12.8. The largest absolute Gasteiger partial charge is 0.378 e. The van der Waals surface area contributed by atoms with Gasteiger partial charge < -0.3 is 9.64 Å². The van der Waals surface area contributed by atoms with Gasteiger partial charge in [0.15, 0.2) is 5.65 Å². The molecule has 0 spiro atoms. The fourth-order valence-electron chi connectivity index (χ4n) is 3.59. The van der Waals surface area contributed by atoms with E-state index in [1.54, 1.807) is 0 Å². The van der Waals surface area contributed by atoms with Crippen molar-refractivity contribution in [2.45, 2.75) is 19.3 Å². The number of morpholine rings is 1. The topological polar surface area (TPSA) is 42.7 Å². The summed E-state index contributed by atoms with van der Waals surface area (Å²) < 4.78 is 7.46. The molecular formula is C20H21ClN4O. The van der Waals surface area contributed by atoms with Crippen LogP contribution >= 0.6 is 11.6 Å². The van der Waals surface area contributed by atoms with Gasteiger partial charge in [0, 0.05) is 37.0 Å². The van der Waals surface area contributed by atoms with Crippen molar-refractivity contribution >= 4 is 22.9 Å². The van der Waals surface area contributed by atoms with Crippen LogP contribution in [0.15, 0.2) is 36.5 Å². The second kappa shape index (κ2) is 6.56. The van der Waals surface area contributed by atoms with Crippen LogP contribution in [0.5, 0.6) is 0 Å². The lowest BCUT2D eigenvalue weighted by Crippen LogP contribution is -2.36. The zero-order valence-corrected chi connectivity index (χ0v) is 15.3. The van der Waals surface area contributed by atoms with Gasteiger partial charge in [-0.2, -0.15) is 0 Å². The van der Waals surface area contributed by atoms with Gasteiger partial charge in [0.25, 0.3) is 0 Å². The summed E-state index contributed by atoms with van der Waals surface area (Å²) >= 11 is 6.68. The van der Waals surface area contributed by atoms with Gasteiger partial charge in [0.1, 0.15) is 5.82 Å². The monoisotopic (exact) mass is 368 g/mol. The highest BCUT2D eigenvalue weighted by Gasteiger charge is 2.24. The molecule has 0 N–H and O–H groups in total. The van der Waals surface area contributed by atoms with Crippen molar-refractivity contribution in [3.63, 3.8) is 0 Å². The molecule has 3 aromatic rings. The van der Waals surface area contributed by atoms with Crippen molar-refractivity contribution < 1.29 is 4.74 Å². The zero-order chi connectivity index (χ0) is 17.5. The highest BCUT2D eigenvalue weighted by atomic mass is 35.5. The second-order valence-corrected chi connectivity index (χ2v) is 7.52. The minimum Gasteiger partial charge on any atom is -0.378 e. The van der Waals surface area contributed by atoms with E-state index in [4.69, 9.17) is 16.3 Å². The lowest BCUT2D eigenvalue weighted by Gasteiger charge is -2.29. The molecule has 1 saturated carbocycles. The number of pyridine rings is 1. The van der Waals surface area contributed by atoms with Gasteiger partial charge >= 0.3 is 0 Å². The Hall–Kier alpha value is -2.11. The van der Waals surface area contributed by atoms with Crippen LogP contribution in [0.3, 0.4) is 0 Å². The Morgan fingerprint density at radius 3 is 2.54 bits per heavy atom. The average molecular weight is 369 g/mol. The summed E-state index contributed by atoms with van der Waals surface area (Å²) in [6.45, 7) is 3.46. The normalized spacial score (nSPS) is 17.8. The first kappa shape index (κ1) is 16.1. The maximum absolute atomic E-state index is 6.68. The standard InChI is InChI=1S/C20H21ClN4O/c21-19-17(7-8-25-18(13-14-1-2-14)22-23-20(19)25)15-3-5-16(6-4-15)24-9-11-26-12-10-24/h3-8,14H,1-2,9-13H2. The Kier molecular flexibility index (Phi) is 4.06. The SMILES string of the molecule is Clc1c(-c2ccc(N3CCOCC3)cc2)ccn2c(CC3CC3)nnc12. The molecule has 1 aliphatic carbocycles. The minimum atomic E-state index is 0.668. The minimum absolute atomic E-state index is 0.668. The predicted molar refractivity (Wildman–Crippen MR) is 103 cm³/mol. The second-order valence-electron chi connectivity index (χ2n) is 7.15. The molecule has 0 bridgehead atoms. The van der Waals surface area contributed by atoms with E-state index < -0.39 is 0 Å². The molecule has 1 aliphatic heterocycles. The molecule has 0 amide bonds. The number of fused-ring (bicyclic) bond motifs is 1. The van der Waals surface area contributed by atoms with Crippen molar-refractivity contribution in [2.24, 2.45) is 5.92 Å². The van der Waals surface area contributed by atoms with Crippen LogP contribution < -0.4 is 4.90 Å². The summed E-state index contributed by atoms with van der Waals surface area (Å²) in [7, 11) is 0. The molecule has 2 aromatic heterocycles. The maximum Gasteiger partial charge on any atom is 0.180 e. The number of benzene rings is 1. The van der Waals surface area contributed by atoms with Crippen molar-refractivity contribution in [3.05, 3.63) is 47.4 Å². The number of aromatic nitrogens is 3. The number of hydrogen-bond donors (Lipinski definition) is 0. The van der Waals surface area contributed by atoms with Gasteiger partial charge in [0.2, 0.25) is 0 Å². The van der Waals surface area contributed by atoms with E-state index in [2.05, 4.69) is 45.4 Å².